The highest BCUT2D eigenvalue weighted by Gasteiger charge is 2.14. The van der Waals surface area contributed by atoms with Crippen molar-refractivity contribution >= 4 is 32.9 Å². The van der Waals surface area contributed by atoms with Gasteiger partial charge in [0.1, 0.15) is 5.52 Å². The molecule has 178 valence electrons. The lowest BCUT2D eigenvalue weighted by atomic mass is 10.0. The molecule has 0 amide bonds. The number of hydrogen-bond acceptors (Lipinski definition) is 2. The van der Waals surface area contributed by atoms with E-state index in [9.17, 15) is 0 Å². The average molecular weight is 479 g/mol. The monoisotopic (exact) mass is 478 g/mol. The molecule has 0 radical (unpaired) electrons. The third-order valence-corrected chi connectivity index (χ3v) is 7.24. The number of oxazole rings is 1. The van der Waals surface area contributed by atoms with Gasteiger partial charge in [-0.1, -0.05) is 67.6 Å². The minimum absolute atomic E-state index is 0.670. The van der Waals surface area contributed by atoms with Crippen molar-refractivity contribution in [2.45, 2.75) is 20.3 Å². The highest BCUT2D eigenvalue weighted by Crippen LogP contribution is 2.35. The highest BCUT2D eigenvalue weighted by atomic mass is 16.3. The van der Waals surface area contributed by atoms with Crippen LogP contribution in [-0.4, -0.2) is 9.55 Å². The molecule has 2 heterocycles. The van der Waals surface area contributed by atoms with E-state index in [-0.39, 0.29) is 0 Å². The molecule has 0 fully saturated rings. The van der Waals surface area contributed by atoms with E-state index < -0.39 is 0 Å². The molecule has 2 aromatic heterocycles. The van der Waals surface area contributed by atoms with E-state index in [1.807, 2.05) is 0 Å². The van der Waals surface area contributed by atoms with E-state index in [0.29, 0.717) is 5.89 Å². The molecule has 0 atom stereocenters. The Hall–Kier alpha value is -4.63. The molecule has 7 rings (SSSR count). The summed E-state index contributed by atoms with van der Waals surface area (Å²) < 4.78 is 8.56. The third-order valence-electron chi connectivity index (χ3n) is 7.24. The van der Waals surface area contributed by atoms with Gasteiger partial charge in [-0.3, -0.25) is 0 Å². The van der Waals surface area contributed by atoms with Gasteiger partial charge in [-0.2, -0.15) is 0 Å². The molecule has 7 aromatic rings. The lowest BCUT2D eigenvalue weighted by Gasteiger charge is -2.08. The molecular weight excluding hydrogens is 452 g/mol. The van der Waals surface area contributed by atoms with E-state index >= 15 is 0 Å². The van der Waals surface area contributed by atoms with E-state index in [0.717, 1.165) is 23.1 Å². The maximum absolute atomic E-state index is 6.21. The summed E-state index contributed by atoms with van der Waals surface area (Å²) >= 11 is 0. The Morgan fingerprint density at radius 3 is 2.19 bits per heavy atom. The molecule has 0 N–H and O–H groups in total. The molecule has 0 spiro atoms. The topological polar surface area (TPSA) is 31.0 Å². The zero-order valence-corrected chi connectivity index (χ0v) is 20.9. The predicted octanol–water partition coefficient (Wildman–Crippen LogP) is 9.13. The molecule has 0 aliphatic rings. The second kappa shape index (κ2) is 8.49. The summed E-state index contributed by atoms with van der Waals surface area (Å²) in [5.74, 6) is 0.670. The molecule has 0 saturated carbocycles. The van der Waals surface area contributed by atoms with Gasteiger partial charge in [0, 0.05) is 22.0 Å². The number of aromatic nitrogens is 2. The molecule has 0 bridgehead atoms. The number of rotatable bonds is 4. The molecule has 5 aromatic carbocycles. The maximum atomic E-state index is 6.21. The lowest BCUT2D eigenvalue weighted by molar-refractivity contribution is 0.615. The SMILES string of the molecule is CCc1cc(C)cc2nc(-c3ccc(-c4ccc5c(c4)c4ccccc4n5-c4ccccc4)cc3)oc12. The molecule has 0 unspecified atom stereocenters. The summed E-state index contributed by atoms with van der Waals surface area (Å²) in [6.07, 6.45) is 0.926. The summed E-state index contributed by atoms with van der Waals surface area (Å²) in [5.41, 5.74) is 11.2. The largest absolute Gasteiger partial charge is 0.436 e. The van der Waals surface area contributed by atoms with E-state index in [1.165, 1.54) is 49.7 Å². The minimum atomic E-state index is 0.670. The summed E-state index contributed by atoms with van der Waals surface area (Å²) in [6, 6.07) is 38.8. The smallest absolute Gasteiger partial charge is 0.227 e. The summed E-state index contributed by atoms with van der Waals surface area (Å²) in [7, 11) is 0. The maximum Gasteiger partial charge on any atom is 0.227 e. The first kappa shape index (κ1) is 21.6. The van der Waals surface area contributed by atoms with Crippen LogP contribution in [0.15, 0.2) is 114 Å². The molecule has 0 aliphatic heterocycles. The van der Waals surface area contributed by atoms with Gasteiger partial charge >= 0.3 is 0 Å². The molecular formula is C34H26N2O. The van der Waals surface area contributed by atoms with E-state index in [2.05, 4.69) is 128 Å². The van der Waals surface area contributed by atoms with Gasteiger partial charge in [0.25, 0.3) is 0 Å². The summed E-state index contributed by atoms with van der Waals surface area (Å²) in [6.45, 7) is 4.26. The van der Waals surface area contributed by atoms with Crippen LogP contribution in [0.5, 0.6) is 0 Å². The Morgan fingerprint density at radius 2 is 1.38 bits per heavy atom. The van der Waals surface area contributed by atoms with Gasteiger partial charge in [-0.25, -0.2) is 4.98 Å². The van der Waals surface area contributed by atoms with Crippen LogP contribution in [-0.2, 0) is 6.42 Å². The Morgan fingerprint density at radius 1 is 0.676 bits per heavy atom. The van der Waals surface area contributed by atoms with Gasteiger partial charge in [0.2, 0.25) is 5.89 Å². The van der Waals surface area contributed by atoms with Crippen LogP contribution in [0.4, 0.5) is 0 Å². The van der Waals surface area contributed by atoms with E-state index in [4.69, 9.17) is 9.40 Å². The first-order chi connectivity index (χ1) is 18.2. The van der Waals surface area contributed by atoms with Crippen LogP contribution >= 0.6 is 0 Å². The Labute approximate surface area is 215 Å². The van der Waals surface area contributed by atoms with Gasteiger partial charge in [0.05, 0.1) is 11.0 Å². The first-order valence-corrected chi connectivity index (χ1v) is 12.8. The van der Waals surface area contributed by atoms with Crippen molar-refractivity contribution in [3.8, 4) is 28.3 Å². The fourth-order valence-corrected chi connectivity index (χ4v) is 5.46. The Bertz CT molecular complexity index is 1910. The van der Waals surface area contributed by atoms with Crippen molar-refractivity contribution in [1.29, 1.82) is 0 Å². The number of nitrogens with zero attached hydrogens (tertiary/aromatic N) is 2. The van der Waals surface area contributed by atoms with Gasteiger partial charge in [-0.05, 0) is 84.1 Å². The van der Waals surface area contributed by atoms with Crippen molar-refractivity contribution in [2.24, 2.45) is 0 Å². The van der Waals surface area contributed by atoms with Crippen molar-refractivity contribution in [1.82, 2.24) is 9.55 Å². The summed E-state index contributed by atoms with van der Waals surface area (Å²) in [4.78, 5) is 4.79. The van der Waals surface area contributed by atoms with Gasteiger partial charge in [-0.15, -0.1) is 0 Å². The zero-order valence-electron chi connectivity index (χ0n) is 20.9. The molecule has 0 aliphatic carbocycles. The van der Waals surface area contributed by atoms with Crippen molar-refractivity contribution < 1.29 is 4.42 Å². The molecule has 3 heteroatoms. The van der Waals surface area contributed by atoms with Crippen molar-refractivity contribution in [2.75, 3.05) is 0 Å². The fourth-order valence-electron chi connectivity index (χ4n) is 5.46. The number of hydrogen-bond donors (Lipinski definition) is 0. The highest BCUT2D eigenvalue weighted by molar-refractivity contribution is 6.10. The molecule has 3 nitrogen and oxygen atoms in total. The standard InChI is InChI=1S/C34H26N2O/c1-3-23-19-22(2)20-30-33(23)37-34(35-30)25-15-13-24(14-16-25)26-17-18-32-29(21-26)28-11-7-8-12-31(28)36(32)27-9-5-4-6-10-27/h4-21H,3H2,1-2H3. The Balaban J connectivity index is 1.31. The van der Waals surface area contributed by atoms with Crippen LogP contribution in [0.25, 0.3) is 61.2 Å². The van der Waals surface area contributed by atoms with Gasteiger partial charge < -0.3 is 8.98 Å². The van der Waals surface area contributed by atoms with Crippen LogP contribution in [0, 0.1) is 6.92 Å². The van der Waals surface area contributed by atoms with E-state index in [1.54, 1.807) is 0 Å². The Kier molecular flexibility index (Phi) is 4.97. The normalized spacial score (nSPS) is 11.6. The van der Waals surface area contributed by atoms with Crippen LogP contribution in [0.3, 0.4) is 0 Å². The number of aryl methyl sites for hydroxylation is 2. The average Bonchev–Trinajstić information content (AvgIpc) is 3.52. The van der Waals surface area contributed by atoms with Crippen molar-refractivity contribution in [3.63, 3.8) is 0 Å². The van der Waals surface area contributed by atoms with Crippen molar-refractivity contribution in [3.05, 3.63) is 120 Å². The van der Waals surface area contributed by atoms with Crippen LogP contribution in [0.1, 0.15) is 18.1 Å². The van der Waals surface area contributed by atoms with Gasteiger partial charge in [0.15, 0.2) is 5.58 Å². The fraction of sp³-hybridized carbons (Fsp3) is 0.0882. The quantitative estimate of drug-likeness (QED) is 0.252. The lowest BCUT2D eigenvalue weighted by Crippen LogP contribution is -1.92. The number of benzene rings is 5. The second-order valence-corrected chi connectivity index (χ2v) is 9.64. The molecule has 37 heavy (non-hydrogen) atoms. The minimum Gasteiger partial charge on any atom is -0.436 e. The number of para-hydroxylation sites is 2. The molecule has 0 saturated heterocycles. The predicted molar refractivity (Wildman–Crippen MR) is 153 cm³/mol. The first-order valence-electron chi connectivity index (χ1n) is 12.8. The second-order valence-electron chi connectivity index (χ2n) is 9.64. The number of fused-ring (bicyclic) bond motifs is 4. The zero-order chi connectivity index (χ0) is 24.9. The third kappa shape index (κ3) is 3.54. The van der Waals surface area contributed by atoms with Crippen LogP contribution < -0.4 is 0 Å². The van der Waals surface area contributed by atoms with Crippen LogP contribution in [0.2, 0.25) is 0 Å². The summed E-state index contributed by atoms with van der Waals surface area (Å²) in [5, 5.41) is 2.51.